The first-order valence-electron chi connectivity index (χ1n) is 5.41. The first-order chi connectivity index (χ1) is 7.40. The molecule has 4 heteroatoms. The Morgan fingerprint density at radius 1 is 1.38 bits per heavy atom. The number of anilines is 1. The predicted octanol–water partition coefficient (Wildman–Crippen LogP) is 2.31. The molecule has 1 aromatic heterocycles. The van der Waals surface area contributed by atoms with Crippen molar-refractivity contribution >= 4 is 11.7 Å². The van der Waals surface area contributed by atoms with Crippen LogP contribution in [-0.2, 0) is 4.79 Å². The number of nitrogens with zero attached hydrogens (tertiary/aromatic N) is 1. The number of carbonyl (C=O) groups excluding carboxylic acids is 1. The Morgan fingerprint density at radius 3 is 2.69 bits per heavy atom. The van der Waals surface area contributed by atoms with Gasteiger partial charge in [0, 0.05) is 5.69 Å². The molecular formula is C12H16N2O2. The summed E-state index contributed by atoms with van der Waals surface area (Å²) < 4.78 is 5.59. The van der Waals surface area contributed by atoms with Gasteiger partial charge >= 0.3 is 0 Å². The van der Waals surface area contributed by atoms with E-state index in [0.29, 0.717) is 17.5 Å². The first-order valence-corrected chi connectivity index (χ1v) is 5.41. The van der Waals surface area contributed by atoms with Gasteiger partial charge in [0.2, 0.25) is 0 Å². The zero-order valence-corrected chi connectivity index (χ0v) is 10.00. The Balaban J connectivity index is 2.41. The molecular weight excluding hydrogens is 204 g/mol. The van der Waals surface area contributed by atoms with E-state index in [9.17, 15) is 4.79 Å². The molecule has 1 amide bonds. The van der Waals surface area contributed by atoms with Gasteiger partial charge in [-0.2, -0.15) is 0 Å². The van der Waals surface area contributed by atoms with Crippen LogP contribution in [0.5, 0.6) is 5.75 Å². The van der Waals surface area contributed by atoms with Gasteiger partial charge in [-0.1, -0.05) is 13.8 Å². The zero-order valence-electron chi connectivity index (χ0n) is 10.00. The Kier molecular flexibility index (Phi) is 2.37. The molecule has 0 spiro atoms. The minimum absolute atomic E-state index is 0.159. The molecule has 0 fully saturated rings. The van der Waals surface area contributed by atoms with Crippen molar-refractivity contribution in [3.05, 3.63) is 17.8 Å². The van der Waals surface area contributed by atoms with E-state index in [0.717, 1.165) is 5.69 Å². The Hall–Kier alpha value is -1.58. The summed E-state index contributed by atoms with van der Waals surface area (Å²) in [6.45, 7) is 7.59. The predicted molar refractivity (Wildman–Crippen MR) is 61.7 cm³/mol. The number of fused-ring (bicyclic) bond motifs is 1. The maximum atomic E-state index is 11.7. The summed E-state index contributed by atoms with van der Waals surface area (Å²) in [7, 11) is 0. The maximum Gasteiger partial charge on any atom is 0.269 e. The van der Waals surface area contributed by atoms with Gasteiger partial charge in [-0.25, -0.2) is 4.98 Å². The number of ether oxygens (including phenoxy) is 1. The molecule has 0 radical (unpaired) electrons. The number of pyridine rings is 1. The second-order valence-electron chi connectivity index (χ2n) is 4.80. The molecule has 4 nitrogen and oxygen atoms in total. The lowest BCUT2D eigenvalue weighted by atomic mass is 10.1. The molecule has 0 unspecified atom stereocenters. The highest BCUT2D eigenvalue weighted by atomic mass is 16.5. The second kappa shape index (κ2) is 3.47. The molecule has 2 rings (SSSR count). The number of amides is 1. The highest BCUT2D eigenvalue weighted by Gasteiger charge is 2.36. The van der Waals surface area contributed by atoms with Crippen molar-refractivity contribution in [3.63, 3.8) is 0 Å². The van der Waals surface area contributed by atoms with E-state index in [1.54, 1.807) is 13.8 Å². The molecule has 0 aromatic carbocycles. The Labute approximate surface area is 95.0 Å². The maximum absolute atomic E-state index is 11.7. The summed E-state index contributed by atoms with van der Waals surface area (Å²) in [6.07, 6.45) is 0. The van der Waals surface area contributed by atoms with E-state index in [2.05, 4.69) is 24.1 Å². The van der Waals surface area contributed by atoms with Gasteiger partial charge < -0.3 is 10.1 Å². The van der Waals surface area contributed by atoms with Crippen LogP contribution in [0.2, 0.25) is 0 Å². The lowest BCUT2D eigenvalue weighted by molar-refractivity contribution is -0.129. The lowest BCUT2D eigenvalue weighted by Gasteiger charge is -2.31. The number of carbonyl (C=O) groups is 1. The van der Waals surface area contributed by atoms with Gasteiger partial charge in [-0.3, -0.25) is 4.79 Å². The molecule has 1 aliphatic heterocycles. The summed E-state index contributed by atoms with van der Waals surface area (Å²) in [5.41, 5.74) is 0.121. The van der Waals surface area contributed by atoms with Crippen molar-refractivity contribution in [2.45, 2.75) is 39.2 Å². The molecule has 16 heavy (non-hydrogen) atoms. The molecule has 0 saturated carbocycles. The average molecular weight is 220 g/mol. The fourth-order valence-corrected chi connectivity index (χ4v) is 1.53. The number of aromatic nitrogens is 1. The normalized spacial score (nSPS) is 17.7. The molecule has 86 valence electrons. The fraction of sp³-hybridized carbons (Fsp3) is 0.500. The molecule has 1 aromatic rings. The van der Waals surface area contributed by atoms with Crippen LogP contribution in [-0.4, -0.2) is 16.5 Å². The van der Waals surface area contributed by atoms with Crippen molar-refractivity contribution in [1.82, 2.24) is 4.98 Å². The highest BCUT2D eigenvalue weighted by molar-refractivity contribution is 5.99. The molecule has 2 heterocycles. The third kappa shape index (κ3) is 1.75. The van der Waals surface area contributed by atoms with Gasteiger partial charge in [0.15, 0.2) is 17.2 Å². The van der Waals surface area contributed by atoms with Crippen LogP contribution in [0.1, 0.15) is 39.3 Å². The molecule has 0 saturated heterocycles. The van der Waals surface area contributed by atoms with Gasteiger partial charge in [-0.15, -0.1) is 0 Å². The zero-order chi connectivity index (χ0) is 11.9. The monoisotopic (exact) mass is 220 g/mol. The van der Waals surface area contributed by atoms with Crippen molar-refractivity contribution in [2.75, 3.05) is 5.32 Å². The summed E-state index contributed by atoms with van der Waals surface area (Å²) in [6, 6.07) is 3.79. The van der Waals surface area contributed by atoms with Crippen LogP contribution in [0, 0.1) is 0 Å². The van der Waals surface area contributed by atoms with Crippen molar-refractivity contribution in [1.29, 1.82) is 0 Å². The molecule has 1 aliphatic rings. The molecule has 0 aliphatic carbocycles. The van der Waals surface area contributed by atoms with Crippen LogP contribution in [0.15, 0.2) is 12.1 Å². The van der Waals surface area contributed by atoms with Crippen LogP contribution in [0.3, 0.4) is 0 Å². The number of rotatable bonds is 1. The minimum Gasteiger partial charge on any atom is -0.474 e. The Morgan fingerprint density at radius 2 is 2.06 bits per heavy atom. The van der Waals surface area contributed by atoms with E-state index in [-0.39, 0.29) is 5.91 Å². The largest absolute Gasteiger partial charge is 0.474 e. The quantitative estimate of drug-likeness (QED) is 0.790. The van der Waals surface area contributed by atoms with Crippen molar-refractivity contribution < 1.29 is 9.53 Å². The van der Waals surface area contributed by atoms with E-state index in [4.69, 9.17) is 4.74 Å². The topological polar surface area (TPSA) is 51.2 Å². The van der Waals surface area contributed by atoms with E-state index >= 15 is 0 Å². The first kappa shape index (κ1) is 10.9. The van der Waals surface area contributed by atoms with E-state index in [1.807, 2.05) is 12.1 Å². The van der Waals surface area contributed by atoms with E-state index in [1.165, 1.54) is 0 Å². The Bertz CT molecular complexity index is 439. The van der Waals surface area contributed by atoms with Gasteiger partial charge in [0.25, 0.3) is 5.91 Å². The van der Waals surface area contributed by atoms with Gasteiger partial charge in [0.05, 0.1) is 0 Å². The van der Waals surface area contributed by atoms with Gasteiger partial charge in [0.1, 0.15) is 0 Å². The number of hydrogen-bond donors (Lipinski definition) is 1. The molecule has 0 bridgehead atoms. The van der Waals surface area contributed by atoms with Crippen molar-refractivity contribution in [2.24, 2.45) is 0 Å². The van der Waals surface area contributed by atoms with Crippen LogP contribution in [0.4, 0.5) is 5.82 Å². The lowest BCUT2D eigenvalue weighted by Crippen LogP contribution is -2.46. The van der Waals surface area contributed by atoms with Gasteiger partial charge in [-0.05, 0) is 31.9 Å². The number of nitrogens with one attached hydrogen (secondary N) is 1. The minimum atomic E-state index is -0.825. The summed E-state index contributed by atoms with van der Waals surface area (Å²) in [5, 5.41) is 2.77. The number of hydrogen-bond acceptors (Lipinski definition) is 3. The van der Waals surface area contributed by atoms with Crippen molar-refractivity contribution in [3.8, 4) is 5.75 Å². The summed E-state index contributed by atoms with van der Waals surface area (Å²) in [4.78, 5) is 16.1. The fourth-order valence-electron chi connectivity index (χ4n) is 1.53. The third-order valence-corrected chi connectivity index (χ3v) is 2.62. The van der Waals surface area contributed by atoms with Crippen LogP contribution < -0.4 is 10.1 Å². The highest BCUT2D eigenvalue weighted by Crippen LogP contribution is 2.32. The van der Waals surface area contributed by atoms with Crippen LogP contribution in [0.25, 0.3) is 0 Å². The van der Waals surface area contributed by atoms with Crippen LogP contribution >= 0.6 is 0 Å². The summed E-state index contributed by atoms with van der Waals surface area (Å²) in [5.74, 6) is 1.33. The SMILES string of the molecule is CC(C)c1ccc2c(n1)NC(=O)C(C)(C)O2. The third-order valence-electron chi connectivity index (χ3n) is 2.62. The molecule has 0 atom stereocenters. The standard InChI is InChI=1S/C12H16N2O2/c1-7(2)8-5-6-9-10(13-8)14-11(15)12(3,4)16-9/h5-7H,1-4H3,(H,13,14,15). The van der Waals surface area contributed by atoms with E-state index < -0.39 is 5.60 Å². The summed E-state index contributed by atoms with van der Waals surface area (Å²) >= 11 is 0. The smallest absolute Gasteiger partial charge is 0.269 e. The molecule has 1 N–H and O–H groups in total. The average Bonchev–Trinajstić information content (AvgIpc) is 2.18. The second-order valence-corrected chi connectivity index (χ2v) is 4.80.